The van der Waals surface area contributed by atoms with Gasteiger partial charge in [-0.15, -0.1) is 0 Å². The first-order valence-corrected chi connectivity index (χ1v) is 9.02. The molecule has 1 aliphatic rings. The minimum absolute atomic E-state index is 0.000265. The molecule has 1 fully saturated rings. The highest BCUT2D eigenvalue weighted by atomic mass is 16.6. The topological polar surface area (TPSA) is 114 Å². The SMILES string of the molecule is CCC(=O)NC1CCCN(C(C)C(=O)Nc2cc([N+](=O)[O-])ccc2OC)C1. The maximum Gasteiger partial charge on any atom is 0.271 e. The lowest BCUT2D eigenvalue weighted by Crippen LogP contribution is -2.53. The Bertz CT molecular complexity index is 709. The van der Waals surface area contributed by atoms with Gasteiger partial charge in [-0.3, -0.25) is 24.6 Å². The monoisotopic (exact) mass is 378 g/mol. The smallest absolute Gasteiger partial charge is 0.271 e. The number of non-ortho nitro benzene ring substituents is 1. The Kier molecular flexibility index (Phi) is 7.12. The molecular weight excluding hydrogens is 352 g/mol. The molecule has 0 aliphatic carbocycles. The van der Waals surface area contributed by atoms with Crippen LogP contribution in [0.5, 0.6) is 5.75 Å². The fourth-order valence-corrected chi connectivity index (χ4v) is 3.12. The molecule has 2 amide bonds. The van der Waals surface area contributed by atoms with Gasteiger partial charge in [-0.1, -0.05) is 6.92 Å². The van der Waals surface area contributed by atoms with Crippen LogP contribution in [0.3, 0.4) is 0 Å². The number of carbonyl (C=O) groups is 2. The largest absolute Gasteiger partial charge is 0.495 e. The summed E-state index contributed by atoms with van der Waals surface area (Å²) in [6, 6.07) is 3.63. The first-order chi connectivity index (χ1) is 12.8. The second kappa shape index (κ2) is 9.31. The quantitative estimate of drug-likeness (QED) is 0.553. The van der Waals surface area contributed by atoms with E-state index in [1.165, 1.54) is 25.3 Å². The second-order valence-corrected chi connectivity index (χ2v) is 6.56. The molecule has 1 aromatic rings. The first-order valence-electron chi connectivity index (χ1n) is 9.02. The number of anilines is 1. The summed E-state index contributed by atoms with van der Waals surface area (Å²) in [5.74, 6) is 0.0735. The lowest BCUT2D eigenvalue weighted by molar-refractivity contribution is -0.384. The predicted octanol–water partition coefficient (Wildman–Crippen LogP) is 1.92. The summed E-state index contributed by atoms with van der Waals surface area (Å²) >= 11 is 0. The Morgan fingerprint density at radius 3 is 2.81 bits per heavy atom. The van der Waals surface area contributed by atoms with Gasteiger partial charge in [0.1, 0.15) is 5.75 Å². The molecule has 1 saturated heterocycles. The molecule has 0 aromatic heterocycles. The average molecular weight is 378 g/mol. The molecule has 0 radical (unpaired) electrons. The number of nitro groups is 1. The third-order valence-corrected chi connectivity index (χ3v) is 4.72. The molecule has 9 nitrogen and oxygen atoms in total. The van der Waals surface area contributed by atoms with Crippen molar-refractivity contribution in [1.82, 2.24) is 10.2 Å². The number of carbonyl (C=O) groups excluding carboxylic acids is 2. The van der Waals surface area contributed by atoms with Crippen LogP contribution in [0.25, 0.3) is 0 Å². The van der Waals surface area contributed by atoms with E-state index < -0.39 is 11.0 Å². The molecule has 1 heterocycles. The van der Waals surface area contributed by atoms with Crippen LogP contribution in [-0.2, 0) is 9.59 Å². The summed E-state index contributed by atoms with van der Waals surface area (Å²) in [5.41, 5.74) is 0.135. The van der Waals surface area contributed by atoms with Gasteiger partial charge in [0.25, 0.3) is 5.69 Å². The van der Waals surface area contributed by atoms with Crippen LogP contribution in [-0.4, -0.2) is 53.9 Å². The number of likely N-dealkylation sites (tertiary alicyclic amines) is 1. The van der Waals surface area contributed by atoms with E-state index in [9.17, 15) is 19.7 Å². The minimum atomic E-state index is -0.524. The Morgan fingerprint density at radius 1 is 1.44 bits per heavy atom. The van der Waals surface area contributed by atoms with Crippen molar-refractivity contribution in [2.75, 3.05) is 25.5 Å². The third-order valence-electron chi connectivity index (χ3n) is 4.72. The number of rotatable bonds is 7. The molecule has 2 atom stereocenters. The van der Waals surface area contributed by atoms with Crippen molar-refractivity contribution in [2.45, 2.75) is 45.2 Å². The maximum atomic E-state index is 12.7. The molecule has 1 aliphatic heterocycles. The number of nitrogens with zero attached hydrogens (tertiary/aromatic N) is 2. The van der Waals surface area contributed by atoms with Crippen molar-refractivity contribution in [3.8, 4) is 5.75 Å². The van der Waals surface area contributed by atoms with Gasteiger partial charge in [0.15, 0.2) is 0 Å². The zero-order valence-electron chi connectivity index (χ0n) is 15.9. The van der Waals surface area contributed by atoms with E-state index in [1.807, 2.05) is 4.90 Å². The van der Waals surface area contributed by atoms with E-state index >= 15 is 0 Å². The summed E-state index contributed by atoms with van der Waals surface area (Å²) < 4.78 is 5.18. The van der Waals surface area contributed by atoms with Gasteiger partial charge in [0, 0.05) is 31.1 Å². The van der Waals surface area contributed by atoms with Crippen molar-refractivity contribution in [1.29, 1.82) is 0 Å². The summed E-state index contributed by atoms with van der Waals surface area (Å²) in [6.45, 7) is 4.92. The second-order valence-electron chi connectivity index (χ2n) is 6.56. The van der Waals surface area contributed by atoms with Crippen LogP contribution in [0.2, 0.25) is 0 Å². The van der Waals surface area contributed by atoms with E-state index in [-0.39, 0.29) is 29.2 Å². The van der Waals surface area contributed by atoms with E-state index in [1.54, 1.807) is 13.8 Å². The minimum Gasteiger partial charge on any atom is -0.495 e. The van der Waals surface area contributed by atoms with Crippen LogP contribution in [0.1, 0.15) is 33.1 Å². The Labute approximate surface area is 158 Å². The van der Waals surface area contributed by atoms with Crippen molar-refractivity contribution in [3.63, 3.8) is 0 Å². The van der Waals surface area contributed by atoms with E-state index in [0.29, 0.717) is 18.7 Å². The molecule has 1 aromatic carbocycles. The summed E-state index contributed by atoms with van der Waals surface area (Å²) in [5, 5.41) is 16.7. The van der Waals surface area contributed by atoms with Gasteiger partial charge >= 0.3 is 0 Å². The number of hydrogen-bond acceptors (Lipinski definition) is 6. The number of benzene rings is 1. The van der Waals surface area contributed by atoms with Gasteiger partial charge < -0.3 is 15.4 Å². The Morgan fingerprint density at radius 2 is 2.19 bits per heavy atom. The Hall–Kier alpha value is -2.68. The lowest BCUT2D eigenvalue weighted by atomic mass is 10.0. The zero-order valence-corrected chi connectivity index (χ0v) is 15.9. The van der Waals surface area contributed by atoms with Crippen LogP contribution < -0.4 is 15.4 Å². The summed E-state index contributed by atoms with van der Waals surface area (Å²) in [7, 11) is 1.44. The molecule has 148 valence electrons. The average Bonchev–Trinajstić information content (AvgIpc) is 2.67. The standard InChI is InChI=1S/C18H26N4O5/c1-4-17(23)19-13-6-5-9-21(11-13)12(2)18(24)20-15-10-14(22(25)26)7-8-16(15)27-3/h7-8,10,12-13H,4-6,9,11H2,1-3H3,(H,19,23)(H,20,24). The van der Waals surface area contributed by atoms with Crippen molar-refractivity contribution < 1.29 is 19.2 Å². The summed E-state index contributed by atoms with van der Waals surface area (Å²) in [4.78, 5) is 36.7. The lowest BCUT2D eigenvalue weighted by Gasteiger charge is -2.36. The Balaban J connectivity index is 2.05. The van der Waals surface area contributed by atoms with Crippen molar-refractivity contribution in [2.24, 2.45) is 0 Å². The van der Waals surface area contributed by atoms with Gasteiger partial charge in [-0.25, -0.2) is 0 Å². The number of hydrogen-bond donors (Lipinski definition) is 2. The molecule has 0 spiro atoms. The van der Waals surface area contributed by atoms with Crippen molar-refractivity contribution in [3.05, 3.63) is 28.3 Å². The number of amides is 2. The van der Waals surface area contributed by atoms with Crippen LogP contribution >= 0.6 is 0 Å². The molecule has 0 saturated carbocycles. The number of methoxy groups -OCH3 is 1. The van der Waals surface area contributed by atoms with Gasteiger partial charge in [-0.2, -0.15) is 0 Å². The van der Waals surface area contributed by atoms with E-state index in [4.69, 9.17) is 4.74 Å². The maximum absolute atomic E-state index is 12.7. The predicted molar refractivity (Wildman–Crippen MR) is 101 cm³/mol. The fraction of sp³-hybridized carbons (Fsp3) is 0.556. The number of nitro benzene ring substituents is 1. The van der Waals surface area contributed by atoms with Crippen LogP contribution in [0.4, 0.5) is 11.4 Å². The molecule has 2 rings (SSSR count). The third kappa shape index (κ3) is 5.40. The fourth-order valence-electron chi connectivity index (χ4n) is 3.12. The van der Waals surface area contributed by atoms with E-state index in [2.05, 4.69) is 10.6 Å². The summed E-state index contributed by atoms with van der Waals surface area (Å²) in [6.07, 6.45) is 2.20. The zero-order chi connectivity index (χ0) is 20.0. The molecule has 2 N–H and O–H groups in total. The molecule has 2 unspecified atom stereocenters. The van der Waals surface area contributed by atoms with Crippen molar-refractivity contribution >= 4 is 23.2 Å². The van der Waals surface area contributed by atoms with Gasteiger partial charge in [0.05, 0.1) is 23.8 Å². The molecule has 9 heteroatoms. The van der Waals surface area contributed by atoms with Crippen LogP contribution in [0.15, 0.2) is 18.2 Å². The normalized spacial score (nSPS) is 18.4. The molecular formula is C18H26N4O5. The highest BCUT2D eigenvalue weighted by Gasteiger charge is 2.28. The van der Waals surface area contributed by atoms with E-state index in [0.717, 1.165) is 19.4 Å². The van der Waals surface area contributed by atoms with Crippen LogP contribution in [0, 0.1) is 10.1 Å². The van der Waals surface area contributed by atoms with Gasteiger partial charge in [0.2, 0.25) is 11.8 Å². The molecule has 0 bridgehead atoms. The number of ether oxygens (including phenoxy) is 1. The molecule has 27 heavy (non-hydrogen) atoms. The highest BCUT2D eigenvalue weighted by Crippen LogP contribution is 2.29. The number of nitrogens with one attached hydrogen (secondary N) is 2. The number of piperidine rings is 1. The highest BCUT2D eigenvalue weighted by molar-refractivity contribution is 5.96. The first kappa shape index (κ1) is 20.6. The van der Waals surface area contributed by atoms with Gasteiger partial charge in [-0.05, 0) is 32.4 Å².